The van der Waals surface area contributed by atoms with Crippen molar-refractivity contribution in [2.45, 2.75) is 24.6 Å². The molecule has 0 unspecified atom stereocenters. The Hall–Kier alpha value is -2.86. The molecular weight excluding hydrogens is 375 g/mol. The van der Waals surface area contributed by atoms with Gasteiger partial charge in [-0.05, 0) is 47.7 Å². The number of nitrogens with zero attached hydrogens (tertiary/aromatic N) is 2. The van der Waals surface area contributed by atoms with Crippen LogP contribution in [0.3, 0.4) is 0 Å². The summed E-state index contributed by atoms with van der Waals surface area (Å²) < 4.78 is 41.7. The molecule has 2 aromatic carbocycles. The van der Waals surface area contributed by atoms with Crippen molar-refractivity contribution in [3.8, 4) is 11.1 Å². The molecule has 1 aliphatic heterocycles. The number of alkyl halides is 3. The highest BCUT2D eigenvalue weighted by Gasteiger charge is 2.38. The molecule has 1 fully saturated rings. The first-order chi connectivity index (χ1) is 13.9. The number of hydrogen-bond acceptors (Lipinski definition) is 3. The Kier molecular flexibility index (Phi) is 5.04. The highest BCUT2D eigenvalue weighted by Crippen LogP contribution is 2.40. The normalized spacial score (nSPS) is 19.9. The van der Waals surface area contributed by atoms with Crippen molar-refractivity contribution < 1.29 is 13.2 Å². The van der Waals surface area contributed by atoms with Crippen molar-refractivity contribution in [1.29, 1.82) is 0 Å². The van der Waals surface area contributed by atoms with E-state index in [1.165, 1.54) is 6.07 Å². The third-order valence-electron chi connectivity index (χ3n) is 5.48. The standard InChI is InChI=1S/C23H22F3N3/c24-23(25,26)20-15-18(10-11-19(20)17-7-2-1-3-8-17)22(27)12-6-14-29(16-22)21-9-4-5-13-28-21/h1-5,7-11,13,15H,6,12,14,16,27H2/t22-/m0/s1. The van der Waals surface area contributed by atoms with E-state index in [9.17, 15) is 13.2 Å². The Labute approximate surface area is 168 Å². The van der Waals surface area contributed by atoms with Gasteiger partial charge in [-0.3, -0.25) is 0 Å². The third kappa shape index (κ3) is 3.98. The summed E-state index contributed by atoms with van der Waals surface area (Å²) in [6.45, 7) is 1.20. The minimum Gasteiger partial charge on any atom is -0.354 e. The molecule has 0 amide bonds. The summed E-state index contributed by atoms with van der Waals surface area (Å²) in [5.41, 5.74) is 6.36. The number of halogens is 3. The number of hydrogen-bond donors (Lipinski definition) is 1. The van der Waals surface area contributed by atoms with Crippen LogP contribution in [-0.4, -0.2) is 18.1 Å². The molecule has 1 atom stereocenters. The Morgan fingerprint density at radius 2 is 1.72 bits per heavy atom. The number of nitrogens with two attached hydrogens (primary N) is 1. The summed E-state index contributed by atoms with van der Waals surface area (Å²) in [4.78, 5) is 6.41. The average molecular weight is 397 g/mol. The van der Waals surface area contributed by atoms with Crippen molar-refractivity contribution in [1.82, 2.24) is 4.98 Å². The van der Waals surface area contributed by atoms with Gasteiger partial charge in [-0.15, -0.1) is 0 Å². The van der Waals surface area contributed by atoms with Gasteiger partial charge in [0.15, 0.2) is 0 Å². The van der Waals surface area contributed by atoms with Crippen LogP contribution in [0.5, 0.6) is 0 Å². The topological polar surface area (TPSA) is 42.1 Å². The van der Waals surface area contributed by atoms with Gasteiger partial charge < -0.3 is 10.6 Å². The first kappa shape index (κ1) is 19.5. The van der Waals surface area contributed by atoms with Crippen molar-refractivity contribution in [3.05, 3.63) is 84.1 Å². The molecule has 0 spiro atoms. The van der Waals surface area contributed by atoms with E-state index in [-0.39, 0.29) is 5.56 Å². The molecule has 0 bridgehead atoms. The molecule has 1 saturated heterocycles. The summed E-state index contributed by atoms with van der Waals surface area (Å²) in [7, 11) is 0. The van der Waals surface area contributed by atoms with Gasteiger partial charge in [0.25, 0.3) is 0 Å². The fourth-order valence-corrected chi connectivity index (χ4v) is 4.01. The molecule has 2 heterocycles. The number of rotatable bonds is 3. The fourth-order valence-electron chi connectivity index (χ4n) is 4.01. The predicted octanol–water partition coefficient (Wildman–Crippen LogP) is 5.22. The maximum Gasteiger partial charge on any atom is 0.417 e. The van der Waals surface area contributed by atoms with Crippen LogP contribution in [0.15, 0.2) is 72.9 Å². The van der Waals surface area contributed by atoms with Gasteiger partial charge in [0.05, 0.1) is 11.1 Å². The number of benzene rings is 2. The SMILES string of the molecule is N[C@@]1(c2ccc(-c3ccccc3)c(C(F)(F)F)c2)CCCN(c2ccccn2)C1. The molecule has 1 aliphatic rings. The van der Waals surface area contributed by atoms with Crippen LogP contribution < -0.4 is 10.6 Å². The molecule has 2 N–H and O–H groups in total. The van der Waals surface area contributed by atoms with E-state index in [1.54, 1.807) is 48.7 Å². The molecule has 3 nitrogen and oxygen atoms in total. The number of anilines is 1. The lowest BCUT2D eigenvalue weighted by atomic mass is 9.81. The van der Waals surface area contributed by atoms with Gasteiger partial charge in [-0.1, -0.05) is 48.5 Å². The quantitative estimate of drug-likeness (QED) is 0.659. The lowest BCUT2D eigenvalue weighted by Gasteiger charge is -2.41. The highest BCUT2D eigenvalue weighted by atomic mass is 19.4. The van der Waals surface area contributed by atoms with E-state index < -0.39 is 17.3 Å². The first-order valence-electron chi connectivity index (χ1n) is 9.59. The predicted molar refractivity (Wildman–Crippen MR) is 108 cm³/mol. The molecular formula is C23H22F3N3. The van der Waals surface area contributed by atoms with Gasteiger partial charge in [0.1, 0.15) is 5.82 Å². The first-order valence-corrected chi connectivity index (χ1v) is 9.59. The summed E-state index contributed by atoms with van der Waals surface area (Å²) in [6.07, 6.45) is -1.35. The van der Waals surface area contributed by atoms with Crippen molar-refractivity contribution in [3.63, 3.8) is 0 Å². The molecule has 6 heteroatoms. The van der Waals surface area contributed by atoms with Crippen molar-refractivity contribution >= 4 is 5.82 Å². The summed E-state index contributed by atoms with van der Waals surface area (Å²) in [5, 5.41) is 0. The average Bonchev–Trinajstić information content (AvgIpc) is 2.74. The van der Waals surface area contributed by atoms with Gasteiger partial charge in [-0.25, -0.2) is 4.98 Å². The molecule has 4 rings (SSSR count). The van der Waals surface area contributed by atoms with Crippen LogP contribution in [0.1, 0.15) is 24.0 Å². The van der Waals surface area contributed by atoms with Gasteiger partial charge >= 0.3 is 6.18 Å². The smallest absolute Gasteiger partial charge is 0.354 e. The van der Waals surface area contributed by atoms with Gasteiger partial charge in [0.2, 0.25) is 0 Å². The Balaban J connectivity index is 1.73. The zero-order chi connectivity index (χ0) is 20.5. The maximum atomic E-state index is 13.9. The summed E-state index contributed by atoms with van der Waals surface area (Å²) in [6, 6.07) is 18.8. The monoisotopic (exact) mass is 397 g/mol. The Bertz CT molecular complexity index is 974. The lowest BCUT2D eigenvalue weighted by molar-refractivity contribution is -0.137. The fraction of sp³-hybridized carbons (Fsp3) is 0.261. The van der Waals surface area contributed by atoms with Crippen molar-refractivity contribution in [2.75, 3.05) is 18.0 Å². The summed E-state index contributed by atoms with van der Waals surface area (Å²) >= 11 is 0. The highest BCUT2D eigenvalue weighted by molar-refractivity contribution is 5.69. The summed E-state index contributed by atoms with van der Waals surface area (Å²) in [5.74, 6) is 0.791. The van der Waals surface area contributed by atoms with E-state index >= 15 is 0 Å². The van der Waals surface area contributed by atoms with E-state index in [0.717, 1.165) is 18.8 Å². The van der Waals surface area contributed by atoms with E-state index in [4.69, 9.17) is 5.73 Å². The van der Waals surface area contributed by atoms with Crippen LogP contribution in [0, 0.1) is 0 Å². The minimum absolute atomic E-state index is 0.169. The molecule has 0 radical (unpaired) electrons. The number of aromatic nitrogens is 1. The number of pyridine rings is 1. The zero-order valence-corrected chi connectivity index (χ0v) is 15.9. The van der Waals surface area contributed by atoms with E-state index in [0.29, 0.717) is 24.1 Å². The van der Waals surface area contributed by atoms with Crippen LogP contribution >= 0.6 is 0 Å². The maximum absolute atomic E-state index is 13.9. The van der Waals surface area contributed by atoms with Crippen molar-refractivity contribution in [2.24, 2.45) is 5.73 Å². The Morgan fingerprint density at radius 3 is 2.41 bits per heavy atom. The second-order valence-corrected chi connectivity index (χ2v) is 7.49. The molecule has 0 aliphatic carbocycles. The second kappa shape index (κ2) is 7.52. The molecule has 150 valence electrons. The van der Waals surface area contributed by atoms with Gasteiger partial charge in [0, 0.05) is 19.3 Å². The second-order valence-electron chi connectivity index (χ2n) is 7.49. The van der Waals surface area contributed by atoms with Gasteiger partial charge in [-0.2, -0.15) is 13.2 Å². The molecule has 1 aromatic heterocycles. The van der Waals surface area contributed by atoms with Crippen LogP contribution in [0.4, 0.5) is 19.0 Å². The Morgan fingerprint density at radius 1 is 0.966 bits per heavy atom. The zero-order valence-electron chi connectivity index (χ0n) is 15.9. The van der Waals surface area contributed by atoms with Crippen LogP contribution in [-0.2, 0) is 11.7 Å². The van der Waals surface area contributed by atoms with E-state index in [2.05, 4.69) is 4.98 Å². The lowest BCUT2D eigenvalue weighted by Crippen LogP contribution is -2.52. The molecule has 29 heavy (non-hydrogen) atoms. The largest absolute Gasteiger partial charge is 0.417 e. The minimum atomic E-state index is -4.47. The van der Waals surface area contributed by atoms with Crippen LogP contribution in [0.25, 0.3) is 11.1 Å². The van der Waals surface area contributed by atoms with Crippen LogP contribution in [0.2, 0.25) is 0 Å². The molecule has 3 aromatic rings. The van der Waals surface area contributed by atoms with E-state index in [1.807, 2.05) is 23.1 Å². The molecule has 0 saturated carbocycles. The third-order valence-corrected chi connectivity index (χ3v) is 5.48. The number of piperidine rings is 1.